The second-order valence-electron chi connectivity index (χ2n) is 7.84. The van der Waals surface area contributed by atoms with Crippen molar-refractivity contribution in [1.29, 1.82) is 0 Å². The lowest BCUT2D eigenvalue weighted by Crippen LogP contribution is -2.43. The van der Waals surface area contributed by atoms with Crippen molar-refractivity contribution in [2.24, 2.45) is 5.92 Å². The molecule has 7 heteroatoms. The number of hydrogen-bond acceptors (Lipinski definition) is 4. The summed E-state index contributed by atoms with van der Waals surface area (Å²) in [5, 5.41) is 10.0. The van der Waals surface area contributed by atoms with Crippen molar-refractivity contribution in [1.82, 2.24) is 20.1 Å². The molecule has 2 N–H and O–H groups in total. The molecule has 1 unspecified atom stereocenters. The summed E-state index contributed by atoms with van der Waals surface area (Å²) >= 11 is 0. The van der Waals surface area contributed by atoms with Gasteiger partial charge in [-0.3, -0.25) is 19.7 Å². The summed E-state index contributed by atoms with van der Waals surface area (Å²) in [5.41, 5.74) is 4.75. The third-order valence-electron chi connectivity index (χ3n) is 5.30. The van der Waals surface area contributed by atoms with E-state index in [1.165, 1.54) is 0 Å². The average molecular weight is 403 g/mol. The van der Waals surface area contributed by atoms with Crippen molar-refractivity contribution in [2.45, 2.75) is 26.7 Å². The van der Waals surface area contributed by atoms with E-state index in [0.717, 1.165) is 29.7 Å². The minimum absolute atomic E-state index is 0.0451. The number of nitrogens with zero attached hydrogens (tertiary/aromatic N) is 3. The number of anilines is 1. The van der Waals surface area contributed by atoms with Crippen LogP contribution in [0.3, 0.4) is 0 Å². The maximum atomic E-state index is 13.0. The second-order valence-corrected chi connectivity index (χ2v) is 7.84. The first-order valence-electron chi connectivity index (χ1n) is 10.1. The van der Waals surface area contributed by atoms with Crippen LogP contribution in [0.4, 0.5) is 5.69 Å². The summed E-state index contributed by atoms with van der Waals surface area (Å²) in [6, 6.07) is 13.3. The van der Waals surface area contributed by atoms with E-state index in [1.54, 1.807) is 17.2 Å². The third-order valence-corrected chi connectivity index (χ3v) is 5.30. The van der Waals surface area contributed by atoms with Gasteiger partial charge >= 0.3 is 0 Å². The number of aromatic nitrogens is 3. The standard InChI is InChI=1S/C23H25N5O2/c1-15-10-16(2)12-18(11-15)25-22(29)17-6-5-9-28(14-17)23(30)21-13-20(26-27-21)19-7-3-4-8-24-19/h3-4,7-8,10-13,17H,5-6,9,14H2,1-2H3,(H,25,29)(H,26,27). The van der Waals surface area contributed by atoms with Crippen LogP contribution in [0.5, 0.6) is 0 Å². The van der Waals surface area contributed by atoms with Gasteiger partial charge in [-0.15, -0.1) is 0 Å². The Morgan fingerprint density at radius 2 is 1.90 bits per heavy atom. The topological polar surface area (TPSA) is 91.0 Å². The van der Waals surface area contributed by atoms with E-state index in [1.807, 2.05) is 44.2 Å². The van der Waals surface area contributed by atoms with Crippen molar-refractivity contribution in [3.63, 3.8) is 0 Å². The SMILES string of the molecule is Cc1cc(C)cc(NC(=O)C2CCCN(C(=O)c3cc(-c4ccccn4)n[nH]3)C2)c1. The summed E-state index contributed by atoms with van der Waals surface area (Å²) in [5.74, 6) is -0.424. The first kappa shape index (κ1) is 19.8. The van der Waals surface area contributed by atoms with Crippen LogP contribution in [-0.2, 0) is 4.79 Å². The van der Waals surface area contributed by atoms with Crippen molar-refractivity contribution in [3.05, 3.63) is 65.5 Å². The molecule has 4 rings (SSSR count). The molecule has 2 aromatic heterocycles. The molecule has 1 aromatic carbocycles. The number of piperidine rings is 1. The van der Waals surface area contributed by atoms with E-state index in [0.29, 0.717) is 30.2 Å². The predicted octanol–water partition coefficient (Wildman–Crippen LogP) is 3.58. The Hall–Kier alpha value is -3.48. The van der Waals surface area contributed by atoms with Crippen molar-refractivity contribution >= 4 is 17.5 Å². The summed E-state index contributed by atoms with van der Waals surface area (Å²) in [6.07, 6.45) is 3.25. The van der Waals surface area contributed by atoms with Gasteiger partial charge in [0.25, 0.3) is 5.91 Å². The molecule has 154 valence electrons. The van der Waals surface area contributed by atoms with Crippen LogP contribution in [0.2, 0.25) is 0 Å². The average Bonchev–Trinajstić information content (AvgIpc) is 3.23. The number of carbonyl (C=O) groups excluding carboxylic acids is 2. The first-order valence-corrected chi connectivity index (χ1v) is 10.1. The molecule has 3 aromatic rings. The van der Waals surface area contributed by atoms with E-state index >= 15 is 0 Å². The molecule has 0 spiro atoms. The lowest BCUT2D eigenvalue weighted by molar-refractivity contribution is -0.121. The highest BCUT2D eigenvalue weighted by atomic mass is 16.2. The molecule has 1 fully saturated rings. The number of aryl methyl sites for hydroxylation is 2. The van der Waals surface area contributed by atoms with Gasteiger partial charge in [-0.2, -0.15) is 5.10 Å². The van der Waals surface area contributed by atoms with Gasteiger partial charge in [0.05, 0.1) is 11.6 Å². The zero-order chi connectivity index (χ0) is 21.1. The zero-order valence-corrected chi connectivity index (χ0v) is 17.2. The van der Waals surface area contributed by atoms with E-state index in [2.05, 4.69) is 26.6 Å². The molecule has 0 radical (unpaired) electrons. The molecule has 1 saturated heterocycles. The van der Waals surface area contributed by atoms with E-state index < -0.39 is 0 Å². The van der Waals surface area contributed by atoms with E-state index in [9.17, 15) is 9.59 Å². The number of likely N-dealkylation sites (tertiary alicyclic amines) is 1. The smallest absolute Gasteiger partial charge is 0.271 e. The zero-order valence-electron chi connectivity index (χ0n) is 17.2. The Morgan fingerprint density at radius 1 is 1.10 bits per heavy atom. The van der Waals surface area contributed by atoms with Crippen LogP contribution < -0.4 is 5.32 Å². The van der Waals surface area contributed by atoms with Gasteiger partial charge in [0.2, 0.25) is 5.91 Å². The number of hydrogen-bond donors (Lipinski definition) is 2. The van der Waals surface area contributed by atoms with Gasteiger partial charge in [-0.1, -0.05) is 12.1 Å². The number of carbonyl (C=O) groups is 2. The van der Waals surface area contributed by atoms with E-state index in [4.69, 9.17) is 0 Å². The molecule has 30 heavy (non-hydrogen) atoms. The fourth-order valence-electron chi connectivity index (χ4n) is 3.91. The molecular formula is C23H25N5O2. The first-order chi connectivity index (χ1) is 14.5. The number of aromatic amines is 1. The van der Waals surface area contributed by atoms with Crippen LogP contribution >= 0.6 is 0 Å². The molecule has 0 saturated carbocycles. The van der Waals surface area contributed by atoms with Crippen LogP contribution in [0, 0.1) is 19.8 Å². The second kappa shape index (κ2) is 8.49. The Balaban J connectivity index is 1.42. The Bertz CT molecular complexity index is 1040. The summed E-state index contributed by atoms with van der Waals surface area (Å²) in [4.78, 5) is 31.8. The fourth-order valence-corrected chi connectivity index (χ4v) is 3.91. The summed E-state index contributed by atoms with van der Waals surface area (Å²) in [6.45, 7) is 5.04. The minimum atomic E-state index is -0.235. The Labute approximate surface area is 175 Å². The van der Waals surface area contributed by atoms with Gasteiger partial charge in [0.15, 0.2) is 0 Å². The molecule has 2 amide bonds. The number of amides is 2. The molecule has 7 nitrogen and oxygen atoms in total. The summed E-state index contributed by atoms with van der Waals surface area (Å²) < 4.78 is 0. The third kappa shape index (κ3) is 4.40. The maximum Gasteiger partial charge on any atom is 0.271 e. The highest BCUT2D eigenvalue weighted by Crippen LogP contribution is 2.22. The van der Waals surface area contributed by atoms with Crippen molar-refractivity contribution in [2.75, 3.05) is 18.4 Å². The summed E-state index contributed by atoms with van der Waals surface area (Å²) in [7, 11) is 0. The largest absolute Gasteiger partial charge is 0.337 e. The predicted molar refractivity (Wildman–Crippen MR) is 115 cm³/mol. The Kier molecular flexibility index (Phi) is 5.61. The number of pyridine rings is 1. The van der Waals surface area contributed by atoms with Gasteiger partial charge in [-0.25, -0.2) is 0 Å². The lowest BCUT2D eigenvalue weighted by Gasteiger charge is -2.31. The van der Waals surface area contributed by atoms with Crippen LogP contribution in [0.1, 0.15) is 34.5 Å². The van der Waals surface area contributed by atoms with Crippen molar-refractivity contribution in [3.8, 4) is 11.4 Å². The molecule has 3 heterocycles. The molecule has 0 aliphatic carbocycles. The van der Waals surface area contributed by atoms with Gasteiger partial charge in [0.1, 0.15) is 11.4 Å². The Morgan fingerprint density at radius 3 is 2.63 bits per heavy atom. The molecule has 0 bridgehead atoms. The van der Waals surface area contributed by atoms with Crippen LogP contribution in [-0.4, -0.2) is 45.0 Å². The highest BCUT2D eigenvalue weighted by Gasteiger charge is 2.30. The fraction of sp³-hybridized carbons (Fsp3) is 0.304. The van der Waals surface area contributed by atoms with Crippen LogP contribution in [0.25, 0.3) is 11.4 Å². The highest BCUT2D eigenvalue weighted by molar-refractivity contribution is 5.96. The minimum Gasteiger partial charge on any atom is -0.337 e. The number of H-pyrrole nitrogens is 1. The van der Waals surface area contributed by atoms with E-state index in [-0.39, 0.29) is 17.7 Å². The lowest BCUT2D eigenvalue weighted by atomic mass is 9.96. The van der Waals surface area contributed by atoms with Crippen LogP contribution in [0.15, 0.2) is 48.7 Å². The van der Waals surface area contributed by atoms with Gasteiger partial charge in [0, 0.05) is 25.0 Å². The van der Waals surface area contributed by atoms with Gasteiger partial charge < -0.3 is 10.2 Å². The molecule has 1 aliphatic rings. The maximum absolute atomic E-state index is 13.0. The number of rotatable bonds is 4. The number of benzene rings is 1. The molecule has 1 atom stereocenters. The molecular weight excluding hydrogens is 378 g/mol. The van der Waals surface area contributed by atoms with Crippen molar-refractivity contribution < 1.29 is 9.59 Å². The van der Waals surface area contributed by atoms with Gasteiger partial charge in [-0.05, 0) is 68.1 Å². The monoisotopic (exact) mass is 403 g/mol. The normalized spacial score (nSPS) is 16.3. The number of nitrogens with one attached hydrogen (secondary N) is 2. The quantitative estimate of drug-likeness (QED) is 0.697. The molecule has 1 aliphatic heterocycles.